The van der Waals surface area contributed by atoms with Crippen molar-refractivity contribution >= 4 is 16.9 Å². The minimum absolute atomic E-state index is 0.0178. The average Bonchev–Trinajstić information content (AvgIpc) is 3.08. The second-order valence-corrected chi connectivity index (χ2v) is 13.9. The van der Waals surface area contributed by atoms with Crippen molar-refractivity contribution in [3.8, 4) is 0 Å². The van der Waals surface area contributed by atoms with Gasteiger partial charge in [-0.25, -0.2) is 0 Å². The zero-order chi connectivity index (χ0) is 33.1. The molecule has 0 bridgehead atoms. The molecule has 2 aliphatic carbocycles. The standard InChI is InChI=1S/C31H54O14S/c32-16-21-23(34)25(36)26(37)31(44-21)45-28-24(35)22(17-33)43-30(27(28)38)42-13-12-40-10-11-41-14-15-46-29(39)20-8-6-19(7-9-20)18-4-2-1-3-5-18/h18-28,30-38H,1-17H2/t19?,20?,21?,22?,23-,24-,25-,26?,27?,28-,30+,31+/m0/s1. The van der Waals surface area contributed by atoms with Gasteiger partial charge in [0.05, 0.1) is 46.2 Å². The van der Waals surface area contributed by atoms with Gasteiger partial charge in [-0.3, -0.25) is 4.79 Å². The van der Waals surface area contributed by atoms with Crippen LogP contribution in [0.15, 0.2) is 0 Å². The Balaban J connectivity index is 1.06. The van der Waals surface area contributed by atoms with Gasteiger partial charge in [-0.15, -0.1) is 0 Å². The smallest absolute Gasteiger partial charge is 0.192 e. The molecule has 2 saturated heterocycles. The van der Waals surface area contributed by atoms with Crippen molar-refractivity contribution in [3.05, 3.63) is 0 Å². The molecule has 4 fully saturated rings. The van der Waals surface area contributed by atoms with Crippen LogP contribution in [0.4, 0.5) is 0 Å². The summed E-state index contributed by atoms with van der Waals surface area (Å²) in [4.78, 5) is 12.6. The number of hydrogen-bond donors (Lipinski definition) is 7. The van der Waals surface area contributed by atoms with Gasteiger partial charge in [-0.05, 0) is 37.5 Å². The number of carbonyl (C=O) groups excluding carboxylic acids is 1. The van der Waals surface area contributed by atoms with Crippen LogP contribution in [-0.2, 0) is 33.2 Å². The summed E-state index contributed by atoms with van der Waals surface area (Å²) in [6, 6.07) is 0. The van der Waals surface area contributed by atoms with Crippen molar-refractivity contribution in [2.75, 3.05) is 52.0 Å². The molecule has 2 saturated carbocycles. The highest BCUT2D eigenvalue weighted by Gasteiger charge is 2.50. The Bertz CT molecular complexity index is 870. The Morgan fingerprint density at radius 3 is 1.89 bits per heavy atom. The van der Waals surface area contributed by atoms with E-state index in [1.807, 2.05) is 0 Å². The molecule has 4 rings (SSSR count). The van der Waals surface area contributed by atoms with Gasteiger partial charge in [-0.1, -0.05) is 43.9 Å². The van der Waals surface area contributed by atoms with Crippen molar-refractivity contribution in [1.82, 2.24) is 0 Å². The molecule has 0 aromatic rings. The van der Waals surface area contributed by atoms with Crippen molar-refractivity contribution in [2.45, 2.75) is 119 Å². The summed E-state index contributed by atoms with van der Waals surface area (Å²) in [5.41, 5.74) is 0. The van der Waals surface area contributed by atoms with Crippen LogP contribution in [0, 0.1) is 17.8 Å². The number of ether oxygens (including phenoxy) is 6. The van der Waals surface area contributed by atoms with Crippen LogP contribution < -0.4 is 0 Å². The summed E-state index contributed by atoms with van der Waals surface area (Å²) in [6.45, 7) is -0.162. The molecule has 4 unspecified atom stereocenters. The first-order valence-corrected chi connectivity index (χ1v) is 17.8. The Kier molecular flexibility index (Phi) is 16.3. The minimum atomic E-state index is -1.75. The van der Waals surface area contributed by atoms with Gasteiger partial charge in [-0.2, -0.15) is 0 Å². The summed E-state index contributed by atoms with van der Waals surface area (Å²) in [5.74, 6) is 2.46. The van der Waals surface area contributed by atoms with Crippen LogP contribution in [-0.4, -0.2) is 154 Å². The van der Waals surface area contributed by atoms with E-state index in [-0.39, 0.29) is 30.9 Å². The van der Waals surface area contributed by atoms with E-state index < -0.39 is 74.6 Å². The van der Waals surface area contributed by atoms with Crippen LogP contribution in [0.1, 0.15) is 57.8 Å². The van der Waals surface area contributed by atoms with Crippen LogP contribution in [0.5, 0.6) is 0 Å². The summed E-state index contributed by atoms with van der Waals surface area (Å²) >= 11 is 1.36. The molecule has 268 valence electrons. The third-order valence-corrected chi connectivity index (χ3v) is 10.7. The van der Waals surface area contributed by atoms with Gasteiger partial charge >= 0.3 is 0 Å². The fraction of sp³-hybridized carbons (Fsp3) is 0.968. The topological polar surface area (TPSA) is 214 Å². The molecule has 15 heteroatoms. The van der Waals surface area contributed by atoms with Crippen LogP contribution in [0.3, 0.4) is 0 Å². The predicted octanol–water partition coefficient (Wildman–Crippen LogP) is -0.693. The molecule has 14 nitrogen and oxygen atoms in total. The molecule has 0 aromatic heterocycles. The lowest BCUT2D eigenvalue weighted by molar-refractivity contribution is -0.360. The van der Waals surface area contributed by atoms with E-state index in [1.54, 1.807) is 0 Å². The van der Waals surface area contributed by atoms with Gasteiger partial charge in [0.2, 0.25) is 0 Å². The summed E-state index contributed by atoms with van der Waals surface area (Å²) in [5, 5.41) is 70.9. The quantitative estimate of drug-likeness (QED) is 0.100. The highest BCUT2D eigenvalue weighted by Crippen LogP contribution is 2.41. The monoisotopic (exact) mass is 682 g/mol. The van der Waals surface area contributed by atoms with Crippen LogP contribution in [0.25, 0.3) is 0 Å². The lowest BCUT2D eigenvalue weighted by atomic mass is 9.71. The molecule has 2 heterocycles. The summed E-state index contributed by atoms with van der Waals surface area (Å²) in [6.07, 6.45) is -3.88. The lowest BCUT2D eigenvalue weighted by Crippen LogP contribution is -2.64. The van der Waals surface area contributed by atoms with Crippen molar-refractivity contribution < 1.29 is 69.0 Å². The first-order chi connectivity index (χ1) is 22.2. The number of thioether (sulfide) groups is 1. The van der Waals surface area contributed by atoms with Gasteiger partial charge in [0, 0.05) is 11.7 Å². The normalized spacial score (nSPS) is 39.4. The second kappa shape index (κ2) is 19.6. The largest absolute Gasteiger partial charge is 0.394 e. The van der Waals surface area contributed by atoms with E-state index in [9.17, 15) is 40.5 Å². The summed E-state index contributed by atoms with van der Waals surface area (Å²) in [7, 11) is 0. The maximum absolute atomic E-state index is 12.6. The lowest BCUT2D eigenvalue weighted by Gasteiger charge is -2.45. The molecule has 0 amide bonds. The molecule has 4 aliphatic rings. The van der Waals surface area contributed by atoms with Gasteiger partial charge < -0.3 is 64.2 Å². The molecule has 2 aliphatic heterocycles. The summed E-state index contributed by atoms with van der Waals surface area (Å²) < 4.78 is 33.0. The first kappa shape index (κ1) is 38.3. The van der Waals surface area contributed by atoms with Gasteiger partial charge in [0.1, 0.15) is 48.8 Å². The highest BCUT2D eigenvalue weighted by molar-refractivity contribution is 8.13. The number of rotatable bonds is 16. The number of carbonyl (C=O) groups is 1. The fourth-order valence-electron chi connectivity index (χ4n) is 6.98. The maximum atomic E-state index is 12.6. The first-order valence-electron chi connectivity index (χ1n) is 16.8. The SMILES string of the molecule is O=C(SCCOCCOCCO[C@@H]1OC(CO)[C@H](O)[C@H](O[C@H]2OC(CO)[C@H](O)[C@H](O)C2O)C1O)C1CCC(C2CCCCC2)CC1. The molecule has 0 radical (unpaired) electrons. The zero-order valence-electron chi connectivity index (χ0n) is 26.4. The molecule has 0 spiro atoms. The van der Waals surface area contributed by atoms with Crippen LogP contribution in [0.2, 0.25) is 0 Å². The average molecular weight is 683 g/mol. The Morgan fingerprint density at radius 2 is 1.22 bits per heavy atom. The fourth-order valence-corrected chi connectivity index (χ4v) is 7.86. The van der Waals surface area contributed by atoms with Gasteiger partial charge in [0.15, 0.2) is 17.7 Å². The van der Waals surface area contributed by atoms with E-state index in [4.69, 9.17) is 28.4 Å². The third kappa shape index (κ3) is 10.5. The van der Waals surface area contributed by atoms with E-state index in [0.29, 0.717) is 19.0 Å². The van der Waals surface area contributed by atoms with Crippen molar-refractivity contribution in [2.24, 2.45) is 17.8 Å². The molecule has 10 atom stereocenters. The molecule has 7 N–H and O–H groups in total. The predicted molar refractivity (Wildman–Crippen MR) is 163 cm³/mol. The van der Waals surface area contributed by atoms with E-state index in [0.717, 1.165) is 24.7 Å². The number of aliphatic hydroxyl groups is 7. The van der Waals surface area contributed by atoms with Crippen LogP contribution >= 0.6 is 11.8 Å². The third-order valence-electron chi connectivity index (χ3n) is 9.74. The Morgan fingerprint density at radius 1 is 0.630 bits per heavy atom. The molecule has 46 heavy (non-hydrogen) atoms. The minimum Gasteiger partial charge on any atom is -0.394 e. The Labute approximate surface area is 274 Å². The highest BCUT2D eigenvalue weighted by atomic mass is 32.2. The van der Waals surface area contributed by atoms with E-state index >= 15 is 0 Å². The molecule has 0 aromatic carbocycles. The zero-order valence-corrected chi connectivity index (χ0v) is 27.2. The number of aliphatic hydroxyl groups excluding tert-OH is 7. The second-order valence-electron chi connectivity index (χ2n) is 12.8. The van der Waals surface area contributed by atoms with Crippen molar-refractivity contribution in [3.63, 3.8) is 0 Å². The molecular formula is C31H54O14S. The van der Waals surface area contributed by atoms with Crippen molar-refractivity contribution in [1.29, 1.82) is 0 Å². The Hall–Kier alpha value is -0.500. The number of hydrogen-bond acceptors (Lipinski definition) is 15. The van der Waals surface area contributed by atoms with E-state index in [1.165, 1.54) is 56.7 Å². The van der Waals surface area contributed by atoms with E-state index in [2.05, 4.69) is 0 Å². The van der Waals surface area contributed by atoms with Gasteiger partial charge in [0.25, 0.3) is 0 Å². The maximum Gasteiger partial charge on any atom is 0.192 e. The molecular weight excluding hydrogens is 628 g/mol.